The van der Waals surface area contributed by atoms with Crippen LogP contribution in [0.15, 0.2) is 30.7 Å². The summed E-state index contributed by atoms with van der Waals surface area (Å²) in [5, 5.41) is 7.59. The van der Waals surface area contributed by atoms with Crippen LogP contribution in [-0.2, 0) is 9.53 Å². The third-order valence-corrected chi connectivity index (χ3v) is 5.18. The van der Waals surface area contributed by atoms with E-state index in [4.69, 9.17) is 14.2 Å². The van der Waals surface area contributed by atoms with Crippen molar-refractivity contribution in [3.8, 4) is 11.6 Å². The molecule has 3 aromatic heterocycles. The van der Waals surface area contributed by atoms with Crippen LogP contribution < -0.4 is 19.7 Å². The summed E-state index contributed by atoms with van der Waals surface area (Å²) < 4.78 is 17.2. The van der Waals surface area contributed by atoms with Crippen LogP contribution in [0.25, 0.3) is 5.65 Å². The molecule has 4 rings (SSSR count). The summed E-state index contributed by atoms with van der Waals surface area (Å²) in [5.41, 5.74) is 2.34. The average molecular weight is 412 g/mol. The van der Waals surface area contributed by atoms with Gasteiger partial charge in [-0.2, -0.15) is 10.1 Å². The van der Waals surface area contributed by atoms with Crippen LogP contribution >= 0.6 is 0 Å². The lowest BCUT2D eigenvalue weighted by molar-refractivity contribution is -0.145. The highest BCUT2D eigenvalue weighted by atomic mass is 16.5. The van der Waals surface area contributed by atoms with Gasteiger partial charge < -0.3 is 24.4 Å². The molecule has 1 unspecified atom stereocenters. The molecule has 30 heavy (non-hydrogen) atoms. The molecule has 0 radical (unpaired) electrons. The quantitative estimate of drug-likeness (QED) is 0.611. The fraction of sp³-hybridized carbons (Fsp3) is 0.400. The number of ether oxygens (including phenoxy) is 3. The molecule has 10 heteroatoms. The van der Waals surface area contributed by atoms with Gasteiger partial charge in [-0.1, -0.05) is 0 Å². The number of nitrogens with zero attached hydrogens (tertiary/aromatic N) is 5. The van der Waals surface area contributed by atoms with Crippen LogP contribution in [-0.4, -0.2) is 60.0 Å². The number of carbonyl (C=O) groups excluding carboxylic acids is 1. The summed E-state index contributed by atoms with van der Waals surface area (Å²) in [5.74, 6) is 1.20. The van der Waals surface area contributed by atoms with E-state index in [1.54, 1.807) is 30.9 Å². The Labute approximate surface area is 173 Å². The zero-order chi connectivity index (χ0) is 21.1. The third-order valence-electron chi connectivity index (χ3n) is 5.18. The Kier molecular flexibility index (Phi) is 5.55. The average Bonchev–Trinajstić information content (AvgIpc) is 3.27. The number of anilines is 3. The number of hydrogen-bond donors (Lipinski definition) is 1. The number of carbonyl (C=O) groups is 1. The normalized spacial score (nSPS) is 16.4. The van der Waals surface area contributed by atoms with Crippen molar-refractivity contribution in [2.75, 3.05) is 44.6 Å². The number of fused-ring (bicyclic) bond motifs is 1. The Hall–Kier alpha value is -3.56. The summed E-state index contributed by atoms with van der Waals surface area (Å²) in [4.78, 5) is 23.0. The van der Waals surface area contributed by atoms with E-state index in [9.17, 15) is 4.79 Å². The first-order chi connectivity index (χ1) is 14.6. The highest BCUT2D eigenvalue weighted by Crippen LogP contribution is 2.31. The summed E-state index contributed by atoms with van der Waals surface area (Å²) in [7, 11) is 4.54. The van der Waals surface area contributed by atoms with E-state index in [2.05, 4.69) is 25.3 Å². The predicted octanol–water partition coefficient (Wildman–Crippen LogP) is 2.27. The maximum absolute atomic E-state index is 12.0. The van der Waals surface area contributed by atoms with E-state index in [1.165, 1.54) is 13.4 Å². The minimum atomic E-state index is -0.172. The van der Waals surface area contributed by atoms with Crippen molar-refractivity contribution in [3.05, 3.63) is 30.7 Å². The van der Waals surface area contributed by atoms with E-state index in [-0.39, 0.29) is 11.9 Å². The topological polar surface area (TPSA) is 103 Å². The number of nitrogens with one attached hydrogen (secondary N) is 1. The minimum Gasteiger partial charge on any atom is -0.491 e. The Morgan fingerprint density at radius 1 is 1.23 bits per heavy atom. The van der Waals surface area contributed by atoms with Crippen molar-refractivity contribution >= 4 is 28.8 Å². The Morgan fingerprint density at radius 3 is 2.87 bits per heavy atom. The van der Waals surface area contributed by atoms with Gasteiger partial charge in [-0.3, -0.25) is 4.79 Å². The van der Waals surface area contributed by atoms with Gasteiger partial charge in [0.2, 0.25) is 0 Å². The monoisotopic (exact) mass is 412 g/mol. The van der Waals surface area contributed by atoms with Gasteiger partial charge in [0.05, 0.1) is 44.8 Å². The first kappa shape index (κ1) is 19.7. The van der Waals surface area contributed by atoms with Crippen LogP contribution in [0.2, 0.25) is 0 Å². The molecule has 158 valence electrons. The lowest BCUT2D eigenvalue weighted by Crippen LogP contribution is -2.39. The molecule has 1 saturated heterocycles. The second-order valence-electron chi connectivity index (χ2n) is 6.98. The fourth-order valence-electron chi connectivity index (χ4n) is 3.68. The summed E-state index contributed by atoms with van der Waals surface area (Å²) in [6, 6.07) is 5.57. The molecular formula is C20H24N6O4. The molecule has 4 heterocycles. The van der Waals surface area contributed by atoms with E-state index < -0.39 is 0 Å². The maximum Gasteiger partial charge on any atom is 0.310 e. The molecule has 10 nitrogen and oxygen atoms in total. The summed E-state index contributed by atoms with van der Waals surface area (Å²) >= 11 is 0. The number of hydrogen-bond acceptors (Lipinski definition) is 9. The lowest BCUT2D eigenvalue weighted by atomic mass is 9.98. The molecule has 1 aliphatic rings. The van der Waals surface area contributed by atoms with Crippen molar-refractivity contribution in [3.63, 3.8) is 0 Å². The summed E-state index contributed by atoms with van der Waals surface area (Å²) in [6.07, 6.45) is 5.15. The highest BCUT2D eigenvalue weighted by Gasteiger charge is 2.27. The highest BCUT2D eigenvalue weighted by molar-refractivity contribution is 5.77. The molecule has 0 aromatic carbocycles. The van der Waals surface area contributed by atoms with Crippen LogP contribution in [0, 0.1) is 5.92 Å². The van der Waals surface area contributed by atoms with E-state index in [0.29, 0.717) is 29.6 Å². The van der Waals surface area contributed by atoms with Gasteiger partial charge in [-0.25, -0.2) is 9.50 Å². The van der Waals surface area contributed by atoms with Gasteiger partial charge in [-0.15, -0.1) is 0 Å². The SMILES string of the molecule is COC(=O)C1CCCN(c2cc(Nc3ccc(OC)c(OC)n3)c3ncnn3c2)C1. The molecule has 1 N–H and O–H groups in total. The number of esters is 1. The number of pyridine rings is 2. The van der Waals surface area contributed by atoms with Gasteiger partial charge in [0.25, 0.3) is 5.88 Å². The lowest BCUT2D eigenvalue weighted by Gasteiger charge is -2.33. The molecule has 3 aromatic rings. The zero-order valence-corrected chi connectivity index (χ0v) is 17.2. The minimum absolute atomic E-state index is 0.140. The molecular weight excluding hydrogens is 388 g/mol. The second-order valence-corrected chi connectivity index (χ2v) is 6.98. The van der Waals surface area contributed by atoms with Gasteiger partial charge in [0, 0.05) is 13.1 Å². The number of piperidine rings is 1. The molecule has 1 fully saturated rings. The Bertz CT molecular complexity index is 1050. The van der Waals surface area contributed by atoms with E-state index >= 15 is 0 Å². The van der Waals surface area contributed by atoms with Crippen LogP contribution in [0.4, 0.5) is 17.2 Å². The number of rotatable bonds is 6. The molecule has 1 atom stereocenters. The molecule has 0 aliphatic carbocycles. The van der Waals surface area contributed by atoms with Crippen LogP contribution in [0.5, 0.6) is 11.6 Å². The zero-order valence-electron chi connectivity index (χ0n) is 17.2. The smallest absolute Gasteiger partial charge is 0.310 e. The third kappa shape index (κ3) is 3.80. The van der Waals surface area contributed by atoms with Crippen molar-refractivity contribution in [2.45, 2.75) is 12.8 Å². The van der Waals surface area contributed by atoms with E-state index in [0.717, 1.165) is 30.8 Å². The molecule has 0 bridgehead atoms. The fourth-order valence-corrected chi connectivity index (χ4v) is 3.68. The van der Waals surface area contributed by atoms with Crippen molar-refractivity contribution < 1.29 is 19.0 Å². The molecule has 1 aliphatic heterocycles. The van der Waals surface area contributed by atoms with Crippen LogP contribution in [0.1, 0.15) is 12.8 Å². The first-order valence-corrected chi connectivity index (χ1v) is 9.65. The number of methoxy groups -OCH3 is 3. The molecule has 0 spiro atoms. The number of aromatic nitrogens is 4. The predicted molar refractivity (Wildman–Crippen MR) is 111 cm³/mol. The van der Waals surface area contributed by atoms with Gasteiger partial charge in [-0.05, 0) is 31.0 Å². The van der Waals surface area contributed by atoms with Crippen LogP contribution in [0.3, 0.4) is 0 Å². The van der Waals surface area contributed by atoms with Crippen molar-refractivity contribution in [2.24, 2.45) is 5.92 Å². The largest absolute Gasteiger partial charge is 0.491 e. The van der Waals surface area contributed by atoms with Crippen molar-refractivity contribution in [1.29, 1.82) is 0 Å². The molecule has 0 amide bonds. The Morgan fingerprint density at radius 2 is 2.10 bits per heavy atom. The molecule has 0 saturated carbocycles. The maximum atomic E-state index is 12.0. The van der Waals surface area contributed by atoms with Gasteiger partial charge in [0.15, 0.2) is 11.4 Å². The van der Waals surface area contributed by atoms with Crippen molar-refractivity contribution in [1.82, 2.24) is 19.6 Å². The standard InChI is InChI=1S/C20H24N6O4/c1-28-16-6-7-17(24-19(16)29-2)23-15-9-14(11-26-18(15)21-12-22-26)25-8-4-5-13(10-25)20(27)30-3/h6-7,9,11-13H,4-5,8,10H2,1-3H3,(H,23,24). The van der Waals surface area contributed by atoms with Gasteiger partial charge >= 0.3 is 5.97 Å². The van der Waals surface area contributed by atoms with E-state index in [1.807, 2.05) is 12.3 Å². The second kappa shape index (κ2) is 8.44. The van der Waals surface area contributed by atoms with Gasteiger partial charge in [0.1, 0.15) is 12.1 Å². The first-order valence-electron chi connectivity index (χ1n) is 9.65. The summed E-state index contributed by atoms with van der Waals surface area (Å²) in [6.45, 7) is 1.45. The Balaban J connectivity index is 1.66.